The zero-order valence-electron chi connectivity index (χ0n) is 18.3. The average Bonchev–Trinajstić information content (AvgIpc) is 3.12. The molecule has 166 valence electrons. The maximum Gasteiger partial charge on any atom is 0.296 e. The highest BCUT2D eigenvalue weighted by Crippen LogP contribution is 2.53. The van der Waals surface area contributed by atoms with Gasteiger partial charge in [0.1, 0.15) is 11.6 Å². The summed E-state index contributed by atoms with van der Waals surface area (Å²) < 4.78 is 14.3. The molecule has 7 nitrogen and oxygen atoms in total. The van der Waals surface area contributed by atoms with Crippen molar-refractivity contribution in [3.63, 3.8) is 0 Å². The van der Waals surface area contributed by atoms with E-state index in [0.29, 0.717) is 23.4 Å². The van der Waals surface area contributed by atoms with Crippen molar-refractivity contribution in [2.24, 2.45) is 0 Å². The van der Waals surface area contributed by atoms with E-state index in [1.807, 2.05) is 19.0 Å². The first-order valence-electron chi connectivity index (χ1n) is 10.2. The fraction of sp³-hybridized carbons (Fsp3) is 0.292. The molecular weight excluding hydrogens is 413 g/mol. The zero-order valence-corrected chi connectivity index (χ0v) is 18.3. The number of ketones is 1. The maximum absolute atomic E-state index is 14.3. The van der Waals surface area contributed by atoms with Crippen molar-refractivity contribution in [3.05, 3.63) is 70.5 Å². The van der Waals surface area contributed by atoms with Crippen LogP contribution in [0.2, 0.25) is 0 Å². The molecule has 0 radical (unpaired) electrons. The molecule has 1 spiro atoms. The van der Waals surface area contributed by atoms with Gasteiger partial charge in [0, 0.05) is 37.0 Å². The maximum atomic E-state index is 14.3. The number of aliphatic hydroxyl groups excluding tert-OH is 1. The number of likely N-dealkylation sites (tertiary alicyclic amines) is 1. The first-order chi connectivity index (χ1) is 15.1. The molecule has 0 aliphatic carbocycles. The summed E-state index contributed by atoms with van der Waals surface area (Å²) in [6.45, 7) is 2.06. The van der Waals surface area contributed by atoms with Gasteiger partial charge in [0.15, 0.2) is 5.54 Å². The van der Waals surface area contributed by atoms with E-state index in [1.165, 1.54) is 21.9 Å². The largest absolute Gasteiger partial charge is 0.507 e. The number of hydrogen-bond acceptors (Lipinski definition) is 5. The first-order valence-corrected chi connectivity index (χ1v) is 10.2. The molecule has 2 aliphatic rings. The lowest BCUT2D eigenvalue weighted by molar-refractivity contribution is -0.143. The van der Waals surface area contributed by atoms with Crippen molar-refractivity contribution in [1.29, 1.82) is 0 Å². The van der Waals surface area contributed by atoms with E-state index in [4.69, 9.17) is 0 Å². The summed E-state index contributed by atoms with van der Waals surface area (Å²) in [7, 11) is 5.19. The second kappa shape index (κ2) is 7.56. The number of aryl methyl sites for hydroxylation is 1. The number of fused-ring (bicyclic) bond motifs is 2. The number of carbonyl (C=O) groups is 3. The highest BCUT2D eigenvalue weighted by atomic mass is 19.1. The number of likely N-dealkylation sites (N-methyl/N-ethyl adjacent to an activating group) is 2. The number of rotatable bonds is 4. The lowest BCUT2D eigenvalue weighted by Gasteiger charge is -2.34. The van der Waals surface area contributed by atoms with Crippen LogP contribution in [-0.2, 0) is 19.9 Å². The van der Waals surface area contributed by atoms with E-state index in [9.17, 15) is 23.9 Å². The Balaban J connectivity index is 2.05. The molecule has 1 atom stereocenters. The molecule has 2 aliphatic heterocycles. The minimum absolute atomic E-state index is 0.0259. The average molecular weight is 437 g/mol. The third-order valence-corrected chi connectivity index (χ3v) is 6.16. The Kier molecular flexibility index (Phi) is 5.13. The van der Waals surface area contributed by atoms with Crippen LogP contribution in [0.3, 0.4) is 0 Å². The van der Waals surface area contributed by atoms with Gasteiger partial charge in [-0.15, -0.1) is 0 Å². The Hall–Kier alpha value is -3.52. The summed E-state index contributed by atoms with van der Waals surface area (Å²) in [6, 6.07) is 10.9. The number of anilines is 1. The van der Waals surface area contributed by atoms with E-state index < -0.39 is 34.7 Å². The number of para-hydroxylation sites is 1. The van der Waals surface area contributed by atoms with Crippen molar-refractivity contribution in [2.75, 3.05) is 39.1 Å². The fourth-order valence-corrected chi connectivity index (χ4v) is 4.46. The number of carbonyl (C=O) groups excluding carboxylic acids is 3. The van der Waals surface area contributed by atoms with Gasteiger partial charge in [0.25, 0.3) is 17.6 Å². The predicted molar refractivity (Wildman–Crippen MR) is 117 cm³/mol. The van der Waals surface area contributed by atoms with E-state index in [2.05, 4.69) is 0 Å². The third kappa shape index (κ3) is 2.86. The van der Waals surface area contributed by atoms with E-state index in [0.717, 1.165) is 6.07 Å². The van der Waals surface area contributed by atoms with Gasteiger partial charge < -0.3 is 19.8 Å². The summed E-state index contributed by atoms with van der Waals surface area (Å²) in [6.07, 6.45) is 0. The molecular formula is C24H24FN3O4. The lowest BCUT2D eigenvalue weighted by atomic mass is 9.82. The third-order valence-electron chi connectivity index (χ3n) is 6.16. The zero-order chi connectivity index (χ0) is 23.4. The molecule has 0 bridgehead atoms. The van der Waals surface area contributed by atoms with Crippen molar-refractivity contribution in [2.45, 2.75) is 12.5 Å². The standard InChI is InChI=1S/C24H24FN3O4/c1-14-9-10-15(13-17(14)25)20(29)19-21(30)22(31)28(12-11-26(2)3)24(19)16-7-5-6-8-18(16)27(4)23(24)32/h5-10,13,29H,11-12H2,1-4H3/b20-19+. The van der Waals surface area contributed by atoms with Gasteiger partial charge in [-0.05, 0) is 38.7 Å². The van der Waals surface area contributed by atoms with Gasteiger partial charge in [-0.25, -0.2) is 4.39 Å². The molecule has 2 aromatic rings. The summed E-state index contributed by atoms with van der Waals surface area (Å²) in [5.74, 6) is -3.51. The van der Waals surface area contributed by atoms with Crippen molar-refractivity contribution < 1.29 is 23.9 Å². The van der Waals surface area contributed by atoms with Crippen LogP contribution in [0.1, 0.15) is 16.7 Å². The van der Waals surface area contributed by atoms with Crippen LogP contribution < -0.4 is 4.90 Å². The van der Waals surface area contributed by atoms with Crippen molar-refractivity contribution >= 4 is 29.0 Å². The van der Waals surface area contributed by atoms with Crippen molar-refractivity contribution in [1.82, 2.24) is 9.80 Å². The molecule has 1 N–H and O–H groups in total. The fourth-order valence-electron chi connectivity index (χ4n) is 4.46. The minimum Gasteiger partial charge on any atom is -0.507 e. The molecule has 8 heteroatoms. The normalized spacial score (nSPS) is 21.9. The Bertz CT molecular complexity index is 1190. The lowest BCUT2D eigenvalue weighted by Crippen LogP contribution is -2.52. The van der Waals surface area contributed by atoms with Crippen LogP contribution in [0.15, 0.2) is 48.0 Å². The first kappa shape index (κ1) is 21.7. The molecule has 1 saturated heterocycles. The Morgan fingerprint density at radius 3 is 2.47 bits per heavy atom. The number of amides is 2. The van der Waals surface area contributed by atoms with Crippen LogP contribution in [-0.4, -0.2) is 66.7 Å². The van der Waals surface area contributed by atoms with E-state index in [1.54, 1.807) is 38.2 Å². The summed E-state index contributed by atoms with van der Waals surface area (Å²) in [4.78, 5) is 44.6. The number of aliphatic hydroxyl groups is 1. The van der Waals surface area contributed by atoms with E-state index >= 15 is 0 Å². The Morgan fingerprint density at radius 2 is 1.81 bits per heavy atom. The smallest absolute Gasteiger partial charge is 0.296 e. The van der Waals surface area contributed by atoms with Crippen LogP contribution in [0, 0.1) is 12.7 Å². The molecule has 4 rings (SSSR count). The van der Waals surface area contributed by atoms with E-state index in [-0.39, 0.29) is 17.7 Å². The number of nitrogens with zero attached hydrogens (tertiary/aromatic N) is 3. The van der Waals surface area contributed by atoms with Crippen LogP contribution in [0.4, 0.5) is 10.1 Å². The number of Topliss-reactive ketones (excluding diaryl/α,β-unsaturated/α-hetero) is 1. The number of benzene rings is 2. The molecule has 1 fully saturated rings. The van der Waals surface area contributed by atoms with Crippen molar-refractivity contribution in [3.8, 4) is 0 Å². The monoisotopic (exact) mass is 437 g/mol. The molecule has 1 unspecified atom stereocenters. The second-order valence-corrected chi connectivity index (χ2v) is 8.37. The highest BCUT2D eigenvalue weighted by Gasteiger charge is 2.66. The van der Waals surface area contributed by atoms with Gasteiger partial charge in [-0.1, -0.05) is 30.3 Å². The van der Waals surface area contributed by atoms with Crippen LogP contribution in [0.5, 0.6) is 0 Å². The SMILES string of the molecule is Cc1ccc(/C(O)=C2/C(=O)C(=O)N(CCN(C)C)C23C(=O)N(C)c2ccccc23)cc1F. The highest BCUT2D eigenvalue weighted by molar-refractivity contribution is 6.50. The molecule has 0 aromatic heterocycles. The molecule has 32 heavy (non-hydrogen) atoms. The molecule has 2 amide bonds. The van der Waals surface area contributed by atoms with Gasteiger partial charge in [0.05, 0.1) is 5.57 Å². The summed E-state index contributed by atoms with van der Waals surface area (Å²) in [5.41, 5.74) is -0.801. The minimum atomic E-state index is -1.82. The molecule has 2 aromatic carbocycles. The Labute approximate surface area is 185 Å². The topological polar surface area (TPSA) is 81.2 Å². The van der Waals surface area contributed by atoms with Crippen LogP contribution in [0.25, 0.3) is 5.76 Å². The van der Waals surface area contributed by atoms with Gasteiger partial charge in [0.2, 0.25) is 0 Å². The Morgan fingerprint density at radius 1 is 1.12 bits per heavy atom. The summed E-state index contributed by atoms with van der Waals surface area (Å²) in [5, 5.41) is 11.2. The van der Waals surface area contributed by atoms with Gasteiger partial charge >= 0.3 is 0 Å². The predicted octanol–water partition coefficient (Wildman–Crippen LogP) is 2.25. The number of halogens is 1. The van der Waals surface area contributed by atoms with Crippen LogP contribution >= 0.6 is 0 Å². The van der Waals surface area contributed by atoms with Gasteiger partial charge in [-0.2, -0.15) is 0 Å². The quantitative estimate of drug-likeness (QED) is 0.451. The molecule has 0 saturated carbocycles. The second-order valence-electron chi connectivity index (χ2n) is 8.37. The van der Waals surface area contributed by atoms with Gasteiger partial charge in [-0.3, -0.25) is 14.4 Å². The number of hydrogen-bond donors (Lipinski definition) is 1. The molecule has 2 heterocycles. The summed E-state index contributed by atoms with van der Waals surface area (Å²) >= 11 is 0.